The monoisotopic (exact) mass is 257 g/mol. The average molecular weight is 257 g/mol. The molecule has 3 rings (SSSR count). The molecule has 2 aliphatic rings. The third-order valence-electron chi connectivity index (χ3n) is 5.29. The van der Waals surface area contributed by atoms with Crippen LogP contribution in [0.25, 0.3) is 0 Å². The SMILES string of the molecule is CC1CCC(NC2CC(c3ccccc3)C2)C(C)C1. The Morgan fingerprint density at radius 3 is 2.37 bits per heavy atom. The second kappa shape index (κ2) is 5.66. The zero-order chi connectivity index (χ0) is 13.2. The molecular weight excluding hydrogens is 230 g/mol. The lowest BCUT2D eigenvalue weighted by atomic mass is 9.74. The fourth-order valence-corrected chi connectivity index (χ4v) is 3.97. The molecule has 104 valence electrons. The van der Waals surface area contributed by atoms with Gasteiger partial charge < -0.3 is 5.32 Å². The van der Waals surface area contributed by atoms with Crippen molar-refractivity contribution in [1.29, 1.82) is 0 Å². The molecule has 1 heteroatoms. The molecule has 0 heterocycles. The molecule has 1 aromatic rings. The molecule has 3 atom stereocenters. The molecule has 3 unspecified atom stereocenters. The summed E-state index contributed by atoms with van der Waals surface area (Å²) in [5.41, 5.74) is 1.53. The Hall–Kier alpha value is -0.820. The van der Waals surface area contributed by atoms with Gasteiger partial charge in [-0.15, -0.1) is 0 Å². The lowest BCUT2D eigenvalue weighted by Gasteiger charge is -2.42. The van der Waals surface area contributed by atoms with Crippen LogP contribution in [-0.4, -0.2) is 12.1 Å². The standard InChI is InChI=1S/C18H27N/c1-13-8-9-18(14(2)10-13)19-17-11-16(12-17)15-6-4-3-5-7-15/h3-7,13-14,16-19H,8-12H2,1-2H3. The Bertz CT molecular complexity index is 393. The molecule has 19 heavy (non-hydrogen) atoms. The highest BCUT2D eigenvalue weighted by Gasteiger charge is 2.34. The van der Waals surface area contributed by atoms with Crippen molar-refractivity contribution in [1.82, 2.24) is 5.32 Å². The van der Waals surface area contributed by atoms with Crippen LogP contribution in [0.2, 0.25) is 0 Å². The van der Waals surface area contributed by atoms with Gasteiger partial charge in [0.15, 0.2) is 0 Å². The smallest absolute Gasteiger partial charge is 0.00954 e. The molecule has 0 amide bonds. The van der Waals surface area contributed by atoms with Gasteiger partial charge in [-0.1, -0.05) is 44.2 Å². The highest BCUT2D eigenvalue weighted by atomic mass is 15.0. The molecule has 0 spiro atoms. The fourth-order valence-electron chi connectivity index (χ4n) is 3.97. The van der Waals surface area contributed by atoms with Gasteiger partial charge in [0.1, 0.15) is 0 Å². The summed E-state index contributed by atoms with van der Waals surface area (Å²) in [6, 6.07) is 12.6. The minimum Gasteiger partial charge on any atom is -0.311 e. The van der Waals surface area contributed by atoms with E-state index in [1.54, 1.807) is 0 Å². The molecule has 1 N–H and O–H groups in total. The summed E-state index contributed by atoms with van der Waals surface area (Å²) in [4.78, 5) is 0. The predicted molar refractivity (Wildman–Crippen MR) is 81.3 cm³/mol. The summed E-state index contributed by atoms with van der Waals surface area (Å²) in [5, 5.41) is 3.93. The summed E-state index contributed by atoms with van der Waals surface area (Å²) in [6.45, 7) is 4.84. The summed E-state index contributed by atoms with van der Waals surface area (Å²) >= 11 is 0. The van der Waals surface area contributed by atoms with E-state index >= 15 is 0 Å². The van der Waals surface area contributed by atoms with E-state index < -0.39 is 0 Å². The van der Waals surface area contributed by atoms with E-state index in [9.17, 15) is 0 Å². The maximum atomic E-state index is 3.93. The normalized spacial score (nSPS) is 38.7. The van der Waals surface area contributed by atoms with Crippen molar-refractivity contribution in [2.75, 3.05) is 0 Å². The number of rotatable bonds is 3. The second-order valence-electron chi connectivity index (χ2n) is 6.94. The fraction of sp³-hybridized carbons (Fsp3) is 0.667. The first-order valence-corrected chi connectivity index (χ1v) is 8.03. The zero-order valence-electron chi connectivity index (χ0n) is 12.3. The largest absolute Gasteiger partial charge is 0.311 e. The van der Waals surface area contributed by atoms with Crippen LogP contribution in [0.1, 0.15) is 57.4 Å². The van der Waals surface area contributed by atoms with Gasteiger partial charge in [-0.05, 0) is 55.4 Å². The summed E-state index contributed by atoms with van der Waals surface area (Å²) in [5.74, 6) is 2.60. The maximum Gasteiger partial charge on any atom is 0.00954 e. The van der Waals surface area contributed by atoms with Crippen LogP contribution < -0.4 is 5.32 Å². The van der Waals surface area contributed by atoms with Crippen molar-refractivity contribution >= 4 is 0 Å². The van der Waals surface area contributed by atoms with Crippen LogP contribution in [0.3, 0.4) is 0 Å². The minimum absolute atomic E-state index is 0.770. The Balaban J connectivity index is 1.47. The molecule has 2 fully saturated rings. The molecule has 0 bridgehead atoms. The molecule has 1 nitrogen and oxygen atoms in total. The van der Waals surface area contributed by atoms with Crippen molar-refractivity contribution in [2.45, 2.75) is 64.0 Å². The van der Waals surface area contributed by atoms with Crippen LogP contribution in [-0.2, 0) is 0 Å². The van der Waals surface area contributed by atoms with Crippen molar-refractivity contribution in [2.24, 2.45) is 11.8 Å². The molecule has 1 aromatic carbocycles. The van der Waals surface area contributed by atoms with E-state index in [0.717, 1.165) is 29.8 Å². The molecule has 0 aliphatic heterocycles. The molecular formula is C18H27N. The van der Waals surface area contributed by atoms with Gasteiger partial charge in [-0.2, -0.15) is 0 Å². The van der Waals surface area contributed by atoms with E-state index in [0.29, 0.717) is 0 Å². The number of hydrogen-bond donors (Lipinski definition) is 1. The topological polar surface area (TPSA) is 12.0 Å². The predicted octanol–water partition coefficient (Wildman–Crippen LogP) is 4.35. The Morgan fingerprint density at radius 1 is 0.947 bits per heavy atom. The van der Waals surface area contributed by atoms with Gasteiger partial charge >= 0.3 is 0 Å². The average Bonchev–Trinajstić information content (AvgIpc) is 2.36. The molecule has 0 radical (unpaired) electrons. The van der Waals surface area contributed by atoms with Gasteiger partial charge in [0, 0.05) is 12.1 Å². The van der Waals surface area contributed by atoms with Crippen LogP contribution in [0.5, 0.6) is 0 Å². The Labute approximate surface area is 117 Å². The third-order valence-corrected chi connectivity index (χ3v) is 5.29. The second-order valence-corrected chi connectivity index (χ2v) is 6.94. The van der Waals surface area contributed by atoms with Gasteiger partial charge in [-0.3, -0.25) is 0 Å². The van der Waals surface area contributed by atoms with Gasteiger partial charge in [-0.25, -0.2) is 0 Å². The van der Waals surface area contributed by atoms with E-state index in [1.807, 2.05) is 0 Å². The first kappa shape index (κ1) is 13.2. The van der Waals surface area contributed by atoms with E-state index in [4.69, 9.17) is 0 Å². The van der Waals surface area contributed by atoms with Gasteiger partial charge in [0.05, 0.1) is 0 Å². The molecule has 2 aliphatic carbocycles. The first-order valence-electron chi connectivity index (χ1n) is 8.03. The van der Waals surface area contributed by atoms with E-state index in [1.165, 1.54) is 37.7 Å². The Kier molecular flexibility index (Phi) is 3.93. The van der Waals surface area contributed by atoms with E-state index in [-0.39, 0.29) is 0 Å². The number of benzene rings is 1. The molecule has 2 saturated carbocycles. The third kappa shape index (κ3) is 3.02. The van der Waals surface area contributed by atoms with Crippen molar-refractivity contribution < 1.29 is 0 Å². The summed E-state index contributed by atoms with van der Waals surface area (Å²) in [6.07, 6.45) is 6.88. The van der Waals surface area contributed by atoms with Crippen LogP contribution >= 0.6 is 0 Å². The lowest BCUT2D eigenvalue weighted by Crippen LogP contribution is -2.49. The van der Waals surface area contributed by atoms with Crippen LogP contribution in [0.15, 0.2) is 30.3 Å². The van der Waals surface area contributed by atoms with Crippen LogP contribution in [0.4, 0.5) is 0 Å². The van der Waals surface area contributed by atoms with Crippen molar-refractivity contribution in [3.05, 3.63) is 35.9 Å². The molecule has 0 saturated heterocycles. The van der Waals surface area contributed by atoms with Gasteiger partial charge in [0.2, 0.25) is 0 Å². The summed E-state index contributed by atoms with van der Waals surface area (Å²) < 4.78 is 0. The maximum absolute atomic E-state index is 3.93. The Morgan fingerprint density at radius 2 is 1.68 bits per heavy atom. The van der Waals surface area contributed by atoms with Crippen molar-refractivity contribution in [3.63, 3.8) is 0 Å². The lowest BCUT2D eigenvalue weighted by molar-refractivity contribution is 0.176. The van der Waals surface area contributed by atoms with Crippen LogP contribution in [0, 0.1) is 11.8 Å². The highest BCUT2D eigenvalue weighted by Crippen LogP contribution is 2.38. The summed E-state index contributed by atoms with van der Waals surface area (Å²) in [7, 11) is 0. The minimum atomic E-state index is 0.770. The highest BCUT2D eigenvalue weighted by molar-refractivity contribution is 5.22. The van der Waals surface area contributed by atoms with E-state index in [2.05, 4.69) is 49.5 Å². The quantitative estimate of drug-likeness (QED) is 0.849. The van der Waals surface area contributed by atoms with Crippen molar-refractivity contribution in [3.8, 4) is 0 Å². The first-order chi connectivity index (χ1) is 9.22. The molecule has 0 aromatic heterocycles. The zero-order valence-corrected chi connectivity index (χ0v) is 12.3. The number of hydrogen-bond acceptors (Lipinski definition) is 1. The number of nitrogens with one attached hydrogen (secondary N) is 1. The van der Waals surface area contributed by atoms with Gasteiger partial charge in [0.25, 0.3) is 0 Å².